The maximum absolute atomic E-state index is 12.6. The fourth-order valence-corrected chi connectivity index (χ4v) is 2.82. The van der Waals surface area contributed by atoms with Crippen molar-refractivity contribution in [1.29, 1.82) is 0 Å². The summed E-state index contributed by atoms with van der Waals surface area (Å²) >= 11 is 0. The number of rotatable bonds is 2. The van der Waals surface area contributed by atoms with Gasteiger partial charge < -0.3 is 4.90 Å². The molecular formula is C17H22N4O. The van der Waals surface area contributed by atoms with Crippen molar-refractivity contribution in [2.24, 2.45) is 0 Å². The van der Waals surface area contributed by atoms with Gasteiger partial charge in [0.25, 0.3) is 5.91 Å². The van der Waals surface area contributed by atoms with Gasteiger partial charge in [0.15, 0.2) is 0 Å². The highest BCUT2D eigenvalue weighted by molar-refractivity contribution is 5.94. The third kappa shape index (κ3) is 2.89. The van der Waals surface area contributed by atoms with Crippen molar-refractivity contribution < 1.29 is 4.79 Å². The quantitative estimate of drug-likeness (QED) is 0.856. The van der Waals surface area contributed by atoms with E-state index >= 15 is 0 Å². The number of hydrogen-bond donors (Lipinski definition) is 0. The number of likely N-dealkylation sites (tertiary alicyclic amines) is 1. The summed E-state index contributed by atoms with van der Waals surface area (Å²) in [5.41, 5.74) is 2.10. The first-order valence-electron chi connectivity index (χ1n) is 7.71. The Kier molecular flexibility index (Phi) is 3.72. The van der Waals surface area contributed by atoms with Crippen molar-refractivity contribution in [2.45, 2.75) is 38.6 Å². The molecule has 1 atom stereocenters. The van der Waals surface area contributed by atoms with Crippen LogP contribution < -0.4 is 0 Å². The van der Waals surface area contributed by atoms with Gasteiger partial charge in [0.05, 0.1) is 18.4 Å². The summed E-state index contributed by atoms with van der Waals surface area (Å²) in [7, 11) is 0. The lowest BCUT2D eigenvalue weighted by molar-refractivity contribution is 0.0786. The Morgan fingerprint density at radius 2 is 1.77 bits per heavy atom. The second-order valence-electron chi connectivity index (χ2n) is 6.87. The summed E-state index contributed by atoms with van der Waals surface area (Å²) in [6.45, 7) is 7.95. The summed E-state index contributed by atoms with van der Waals surface area (Å²) in [5, 5.41) is 8.34. The van der Waals surface area contributed by atoms with Crippen LogP contribution in [0, 0.1) is 0 Å². The number of carbonyl (C=O) groups excluding carboxylic acids is 1. The lowest BCUT2D eigenvalue weighted by atomic mass is 9.86. The number of benzene rings is 1. The van der Waals surface area contributed by atoms with Crippen LogP contribution in [0.5, 0.6) is 0 Å². The highest BCUT2D eigenvalue weighted by Crippen LogP contribution is 2.24. The maximum atomic E-state index is 12.6. The van der Waals surface area contributed by atoms with Crippen molar-refractivity contribution in [3.63, 3.8) is 0 Å². The molecule has 1 aromatic carbocycles. The van der Waals surface area contributed by atoms with Crippen molar-refractivity contribution in [3.05, 3.63) is 47.8 Å². The summed E-state index contributed by atoms with van der Waals surface area (Å²) in [6, 6.07) is 8.16. The van der Waals surface area contributed by atoms with Crippen LogP contribution in [0.2, 0.25) is 0 Å². The largest absolute Gasteiger partial charge is 0.336 e. The Labute approximate surface area is 130 Å². The minimum atomic E-state index is 0.0927. The molecular weight excluding hydrogens is 276 g/mol. The monoisotopic (exact) mass is 298 g/mol. The molecule has 0 aliphatic carbocycles. The van der Waals surface area contributed by atoms with Crippen molar-refractivity contribution in [2.75, 3.05) is 13.1 Å². The van der Waals surface area contributed by atoms with Crippen LogP contribution >= 0.6 is 0 Å². The molecule has 5 nitrogen and oxygen atoms in total. The molecule has 0 unspecified atom stereocenters. The van der Waals surface area contributed by atoms with E-state index in [1.54, 1.807) is 17.2 Å². The van der Waals surface area contributed by atoms with Gasteiger partial charge in [-0.15, -0.1) is 0 Å². The topological polar surface area (TPSA) is 51.0 Å². The van der Waals surface area contributed by atoms with Crippen LogP contribution in [0.4, 0.5) is 0 Å². The number of carbonyl (C=O) groups is 1. The van der Waals surface area contributed by atoms with E-state index in [1.807, 2.05) is 17.0 Å². The molecule has 1 amide bonds. The Hall–Kier alpha value is -2.17. The summed E-state index contributed by atoms with van der Waals surface area (Å²) in [6.07, 6.45) is 4.26. The molecule has 2 aromatic rings. The van der Waals surface area contributed by atoms with E-state index in [0.29, 0.717) is 6.54 Å². The van der Waals surface area contributed by atoms with Gasteiger partial charge in [0.1, 0.15) is 0 Å². The van der Waals surface area contributed by atoms with Crippen LogP contribution in [0.3, 0.4) is 0 Å². The Morgan fingerprint density at radius 3 is 2.36 bits per heavy atom. The predicted octanol–water partition coefficient (Wildman–Crippen LogP) is 2.66. The average molecular weight is 298 g/mol. The zero-order valence-corrected chi connectivity index (χ0v) is 13.4. The molecule has 0 bridgehead atoms. The van der Waals surface area contributed by atoms with E-state index in [4.69, 9.17) is 0 Å². The van der Waals surface area contributed by atoms with E-state index in [2.05, 4.69) is 43.1 Å². The summed E-state index contributed by atoms with van der Waals surface area (Å²) < 4.78 is 0. The molecule has 116 valence electrons. The fourth-order valence-electron chi connectivity index (χ4n) is 2.82. The van der Waals surface area contributed by atoms with Crippen molar-refractivity contribution >= 4 is 5.91 Å². The molecule has 1 aliphatic rings. The molecule has 0 N–H and O–H groups in total. The first-order valence-corrected chi connectivity index (χ1v) is 7.71. The smallest absolute Gasteiger partial charge is 0.253 e. The molecule has 2 heterocycles. The second-order valence-corrected chi connectivity index (χ2v) is 6.87. The zero-order chi connectivity index (χ0) is 15.7. The minimum Gasteiger partial charge on any atom is -0.336 e. The third-order valence-electron chi connectivity index (χ3n) is 4.21. The van der Waals surface area contributed by atoms with Gasteiger partial charge in [-0.05, 0) is 29.5 Å². The first-order chi connectivity index (χ1) is 10.4. The van der Waals surface area contributed by atoms with E-state index in [1.165, 1.54) is 5.56 Å². The van der Waals surface area contributed by atoms with Gasteiger partial charge in [-0.1, -0.05) is 32.9 Å². The molecule has 22 heavy (non-hydrogen) atoms. The lowest BCUT2D eigenvalue weighted by Crippen LogP contribution is -2.29. The zero-order valence-electron chi connectivity index (χ0n) is 13.4. The Bertz CT molecular complexity index is 640. The first kappa shape index (κ1) is 14.8. The number of amides is 1. The van der Waals surface area contributed by atoms with Gasteiger partial charge >= 0.3 is 0 Å². The number of nitrogens with zero attached hydrogens (tertiary/aromatic N) is 4. The SMILES string of the molecule is CC(C)(C)c1ccc(C(=O)N2CC[C@H](n3nccn3)C2)cc1. The molecule has 0 radical (unpaired) electrons. The summed E-state index contributed by atoms with van der Waals surface area (Å²) in [5.74, 6) is 0.0927. The predicted molar refractivity (Wildman–Crippen MR) is 84.7 cm³/mol. The average Bonchev–Trinajstić information content (AvgIpc) is 3.16. The van der Waals surface area contributed by atoms with Gasteiger partial charge in [-0.2, -0.15) is 15.0 Å². The molecule has 1 fully saturated rings. The highest BCUT2D eigenvalue weighted by atomic mass is 16.2. The molecule has 0 spiro atoms. The third-order valence-corrected chi connectivity index (χ3v) is 4.21. The standard InChI is InChI=1S/C17H22N4O/c1-17(2,3)14-6-4-13(5-7-14)16(22)20-11-8-15(12-20)21-18-9-10-19-21/h4-7,9-10,15H,8,11-12H2,1-3H3/t15-/m0/s1. The fraction of sp³-hybridized carbons (Fsp3) is 0.471. The van der Waals surface area contributed by atoms with Gasteiger partial charge in [-0.25, -0.2) is 0 Å². The van der Waals surface area contributed by atoms with E-state index < -0.39 is 0 Å². The molecule has 1 aliphatic heterocycles. The molecule has 0 saturated carbocycles. The van der Waals surface area contributed by atoms with Crippen LogP contribution in [0.25, 0.3) is 0 Å². The van der Waals surface area contributed by atoms with Crippen LogP contribution in [-0.2, 0) is 5.41 Å². The van der Waals surface area contributed by atoms with E-state index in [0.717, 1.165) is 18.5 Å². The van der Waals surface area contributed by atoms with Crippen LogP contribution in [-0.4, -0.2) is 38.9 Å². The van der Waals surface area contributed by atoms with E-state index in [-0.39, 0.29) is 17.4 Å². The molecule has 5 heteroatoms. The normalized spacial score (nSPS) is 18.7. The van der Waals surface area contributed by atoms with Gasteiger partial charge in [0, 0.05) is 18.7 Å². The van der Waals surface area contributed by atoms with E-state index in [9.17, 15) is 4.79 Å². The van der Waals surface area contributed by atoms with Crippen molar-refractivity contribution in [1.82, 2.24) is 19.9 Å². The summed E-state index contributed by atoms with van der Waals surface area (Å²) in [4.78, 5) is 16.2. The van der Waals surface area contributed by atoms with Gasteiger partial charge in [-0.3, -0.25) is 4.79 Å². The minimum absolute atomic E-state index is 0.0927. The Morgan fingerprint density at radius 1 is 1.14 bits per heavy atom. The Balaban J connectivity index is 1.70. The lowest BCUT2D eigenvalue weighted by Gasteiger charge is -2.20. The molecule has 3 rings (SSSR count). The second kappa shape index (κ2) is 5.55. The number of aromatic nitrogens is 3. The number of hydrogen-bond acceptors (Lipinski definition) is 3. The van der Waals surface area contributed by atoms with Gasteiger partial charge in [0.2, 0.25) is 0 Å². The maximum Gasteiger partial charge on any atom is 0.253 e. The molecule has 1 aromatic heterocycles. The molecule has 1 saturated heterocycles. The highest BCUT2D eigenvalue weighted by Gasteiger charge is 2.29. The van der Waals surface area contributed by atoms with Crippen molar-refractivity contribution in [3.8, 4) is 0 Å². The van der Waals surface area contributed by atoms with Crippen LogP contribution in [0.15, 0.2) is 36.7 Å². The van der Waals surface area contributed by atoms with Crippen LogP contribution in [0.1, 0.15) is 49.2 Å².